The predicted octanol–water partition coefficient (Wildman–Crippen LogP) is 0.0568. The van der Waals surface area contributed by atoms with Crippen molar-refractivity contribution in [1.82, 2.24) is 20.2 Å². The van der Waals surface area contributed by atoms with E-state index in [1.54, 1.807) is 0 Å². The second-order valence-electron chi connectivity index (χ2n) is 4.62. The number of nitrogens with zero attached hydrogens (tertiary/aromatic N) is 4. The number of fused-ring (bicyclic) bond motifs is 2. The molecule has 3 heterocycles. The van der Waals surface area contributed by atoms with Crippen LogP contribution in [0.1, 0.15) is 37.4 Å². The highest BCUT2D eigenvalue weighted by Gasteiger charge is 2.43. The van der Waals surface area contributed by atoms with Gasteiger partial charge in [-0.1, -0.05) is 0 Å². The second-order valence-corrected chi connectivity index (χ2v) is 4.62. The van der Waals surface area contributed by atoms with Crippen molar-refractivity contribution in [3.05, 3.63) is 5.82 Å². The molecule has 6 heteroatoms. The van der Waals surface area contributed by atoms with E-state index < -0.39 is 0 Å². The van der Waals surface area contributed by atoms with Crippen LogP contribution in [-0.4, -0.2) is 39.0 Å². The lowest BCUT2D eigenvalue weighted by molar-refractivity contribution is 0.0994. The molecule has 1 aromatic heterocycles. The van der Waals surface area contributed by atoms with Crippen LogP contribution in [0.3, 0.4) is 0 Å². The van der Waals surface area contributed by atoms with Crippen molar-refractivity contribution in [3.63, 3.8) is 0 Å². The highest BCUT2D eigenvalue weighted by molar-refractivity contribution is 5.06. The van der Waals surface area contributed by atoms with Gasteiger partial charge >= 0.3 is 0 Å². The molecule has 0 radical (unpaired) electrons. The maximum Gasteiger partial charge on any atom is 0.157 e. The Kier molecular flexibility index (Phi) is 2.61. The SMILES string of the molecule is NCCCn1nnnc1C1CC2CCC1O2. The van der Waals surface area contributed by atoms with Gasteiger partial charge in [0.25, 0.3) is 0 Å². The van der Waals surface area contributed by atoms with Gasteiger partial charge in [0.05, 0.1) is 12.2 Å². The number of aromatic nitrogens is 4. The first-order chi connectivity index (χ1) is 7.88. The van der Waals surface area contributed by atoms with Crippen molar-refractivity contribution in [2.75, 3.05) is 6.54 Å². The molecule has 3 rings (SSSR count). The van der Waals surface area contributed by atoms with Crippen LogP contribution in [0.4, 0.5) is 0 Å². The Hall–Kier alpha value is -1.01. The zero-order valence-corrected chi connectivity index (χ0v) is 9.25. The number of tetrazole rings is 1. The van der Waals surface area contributed by atoms with Gasteiger partial charge in [0.1, 0.15) is 0 Å². The summed E-state index contributed by atoms with van der Waals surface area (Å²) < 4.78 is 7.73. The molecule has 0 amide bonds. The van der Waals surface area contributed by atoms with Gasteiger partial charge in [0.15, 0.2) is 5.82 Å². The van der Waals surface area contributed by atoms with E-state index in [9.17, 15) is 0 Å². The van der Waals surface area contributed by atoms with Crippen LogP contribution >= 0.6 is 0 Å². The van der Waals surface area contributed by atoms with Crippen LogP contribution in [0.2, 0.25) is 0 Å². The average Bonchev–Trinajstić information content (AvgIpc) is 3.01. The van der Waals surface area contributed by atoms with Crippen molar-refractivity contribution in [2.45, 2.75) is 50.4 Å². The highest BCUT2D eigenvalue weighted by Crippen LogP contribution is 2.43. The number of ether oxygens (including phenoxy) is 1. The Morgan fingerprint density at radius 3 is 3.06 bits per heavy atom. The van der Waals surface area contributed by atoms with E-state index in [4.69, 9.17) is 10.5 Å². The maximum absolute atomic E-state index is 5.83. The highest BCUT2D eigenvalue weighted by atomic mass is 16.5. The average molecular weight is 223 g/mol. The quantitative estimate of drug-likeness (QED) is 0.780. The largest absolute Gasteiger partial charge is 0.374 e. The van der Waals surface area contributed by atoms with Crippen molar-refractivity contribution in [1.29, 1.82) is 0 Å². The van der Waals surface area contributed by atoms with Crippen molar-refractivity contribution in [2.24, 2.45) is 5.73 Å². The van der Waals surface area contributed by atoms with E-state index in [1.165, 1.54) is 6.42 Å². The summed E-state index contributed by atoms with van der Waals surface area (Å²) in [5.74, 6) is 1.38. The Bertz CT molecular complexity index is 366. The molecule has 6 nitrogen and oxygen atoms in total. The maximum atomic E-state index is 5.83. The molecular formula is C10H17N5O. The summed E-state index contributed by atoms with van der Waals surface area (Å²) in [5.41, 5.74) is 5.50. The van der Waals surface area contributed by atoms with Gasteiger partial charge in [0.2, 0.25) is 0 Å². The van der Waals surface area contributed by atoms with Crippen LogP contribution in [0.5, 0.6) is 0 Å². The summed E-state index contributed by atoms with van der Waals surface area (Å²) in [4.78, 5) is 0. The van der Waals surface area contributed by atoms with Gasteiger partial charge < -0.3 is 10.5 Å². The third kappa shape index (κ3) is 1.62. The van der Waals surface area contributed by atoms with Gasteiger partial charge in [0, 0.05) is 12.5 Å². The minimum Gasteiger partial charge on any atom is -0.374 e. The normalized spacial score (nSPS) is 32.4. The fraction of sp³-hybridized carbons (Fsp3) is 0.900. The number of hydrogen-bond donors (Lipinski definition) is 1. The first-order valence-corrected chi connectivity index (χ1v) is 6.00. The summed E-state index contributed by atoms with van der Waals surface area (Å²) in [6, 6.07) is 0. The van der Waals surface area contributed by atoms with Gasteiger partial charge in [-0.3, -0.25) is 0 Å². The van der Waals surface area contributed by atoms with Crippen LogP contribution < -0.4 is 5.73 Å². The van der Waals surface area contributed by atoms with Gasteiger partial charge in [-0.05, 0) is 42.7 Å². The molecule has 3 atom stereocenters. The molecule has 88 valence electrons. The fourth-order valence-corrected chi connectivity index (χ4v) is 2.79. The van der Waals surface area contributed by atoms with E-state index in [2.05, 4.69) is 15.5 Å². The molecule has 2 bridgehead atoms. The van der Waals surface area contributed by atoms with Crippen LogP contribution in [-0.2, 0) is 11.3 Å². The zero-order valence-electron chi connectivity index (χ0n) is 9.25. The monoisotopic (exact) mass is 223 g/mol. The molecule has 0 spiro atoms. The molecule has 0 aliphatic carbocycles. The van der Waals surface area contributed by atoms with E-state index in [1.807, 2.05) is 4.68 Å². The first kappa shape index (κ1) is 10.2. The Labute approximate surface area is 94.1 Å². The zero-order chi connectivity index (χ0) is 11.0. The van der Waals surface area contributed by atoms with E-state index >= 15 is 0 Å². The third-order valence-electron chi connectivity index (χ3n) is 3.57. The van der Waals surface area contributed by atoms with Crippen molar-refractivity contribution < 1.29 is 4.74 Å². The van der Waals surface area contributed by atoms with Gasteiger partial charge in [-0.25, -0.2) is 4.68 Å². The Balaban J connectivity index is 1.76. The van der Waals surface area contributed by atoms with Crippen LogP contribution in [0.15, 0.2) is 0 Å². The van der Waals surface area contributed by atoms with Gasteiger partial charge in [-0.2, -0.15) is 0 Å². The lowest BCUT2D eigenvalue weighted by atomic mass is 9.88. The molecule has 2 saturated heterocycles. The molecule has 0 saturated carbocycles. The third-order valence-corrected chi connectivity index (χ3v) is 3.57. The number of aryl methyl sites for hydroxylation is 1. The molecule has 0 aromatic carbocycles. The van der Waals surface area contributed by atoms with Gasteiger partial charge in [-0.15, -0.1) is 5.10 Å². The van der Waals surface area contributed by atoms with E-state index in [-0.39, 0.29) is 0 Å². The lowest BCUT2D eigenvalue weighted by Gasteiger charge is -2.17. The lowest BCUT2D eigenvalue weighted by Crippen LogP contribution is -2.20. The van der Waals surface area contributed by atoms with E-state index in [0.717, 1.165) is 31.6 Å². The second kappa shape index (κ2) is 4.10. The molecule has 2 aliphatic rings. The Morgan fingerprint density at radius 1 is 1.44 bits per heavy atom. The molecule has 2 aliphatic heterocycles. The fourth-order valence-electron chi connectivity index (χ4n) is 2.79. The smallest absolute Gasteiger partial charge is 0.157 e. The predicted molar refractivity (Wildman–Crippen MR) is 56.7 cm³/mol. The van der Waals surface area contributed by atoms with Crippen LogP contribution in [0.25, 0.3) is 0 Å². The summed E-state index contributed by atoms with van der Waals surface area (Å²) in [6.07, 6.45) is 5.13. The molecule has 3 unspecified atom stereocenters. The topological polar surface area (TPSA) is 78.9 Å². The van der Waals surface area contributed by atoms with Crippen LogP contribution in [0, 0.1) is 0 Å². The number of hydrogen-bond acceptors (Lipinski definition) is 5. The first-order valence-electron chi connectivity index (χ1n) is 6.00. The summed E-state index contributed by atoms with van der Waals surface area (Å²) in [6.45, 7) is 1.49. The molecule has 16 heavy (non-hydrogen) atoms. The molecule has 2 N–H and O–H groups in total. The summed E-state index contributed by atoms with van der Waals surface area (Å²) >= 11 is 0. The molecule has 1 aromatic rings. The Morgan fingerprint density at radius 2 is 2.38 bits per heavy atom. The number of rotatable bonds is 4. The molecule has 2 fully saturated rings. The number of nitrogens with two attached hydrogens (primary N) is 1. The summed E-state index contributed by atoms with van der Waals surface area (Å²) in [5, 5.41) is 11.9. The summed E-state index contributed by atoms with van der Waals surface area (Å²) in [7, 11) is 0. The van der Waals surface area contributed by atoms with Crippen molar-refractivity contribution in [3.8, 4) is 0 Å². The minimum absolute atomic E-state index is 0.340. The van der Waals surface area contributed by atoms with Crippen molar-refractivity contribution >= 4 is 0 Å². The standard InChI is InChI=1S/C10H17N5O/c11-4-1-5-15-10(12-13-14-15)8-6-7-2-3-9(8)16-7/h7-9H,1-6,11H2. The molecular weight excluding hydrogens is 206 g/mol. The minimum atomic E-state index is 0.340. The van der Waals surface area contributed by atoms with E-state index in [0.29, 0.717) is 24.7 Å².